The Morgan fingerprint density at radius 3 is 2.74 bits per heavy atom. The molecule has 0 bridgehead atoms. The molecular weight excluding hydrogens is 512 g/mol. The number of rotatable bonds is 9. The highest BCUT2D eigenvalue weighted by Crippen LogP contribution is 2.34. The van der Waals surface area contributed by atoms with E-state index in [1.54, 1.807) is 29.2 Å². The third kappa shape index (κ3) is 5.55. The molecule has 1 atom stereocenters. The molecule has 2 fully saturated rings. The van der Waals surface area contributed by atoms with Gasteiger partial charge in [0.2, 0.25) is 0 Å². The molecule has 1 amide bonds. The van der Waals surface area contributed by atoms with E-state index < -0.39 is 15.7 Å². The van der Waals surface area contributed by atoms with E-state index in [1.165, 1.54) is 35.2 Å². The minimum Gasteiger partial charge on any atom is -0.389 e. The minimum atomic E-state index is -3.33. The highest BCUT2D eigenvalue weighted by Gasteiger charge is 2.36. The smallest absolute Gasteiger partial charge is 0.280 e. The summed E-state index contributed by atoms with van der Waals surface area (Å²) in [4.78, 5) is 23.2. The molecule has 1 saturated carbocycles. The number of anilines is 1. The van der Waals surface area contributed by atoms with Gasteiger partial charge >= 0.3 is 0 Å². The third-order valence-electron chi connectivity index (χ3n) is 5.38. The normalized spacial score (nSPS) is 18.5. The van der Waals surface area contributed by atoms with E-state index in [0.717, 1.165) is 4.21 Å². The molecule has 3 aromatic rings. The number of sulfone groups is 1. The van der Waals surface area contributed by atoms with Gasteiger partial charge in [-0.1, -0.05) is 28.6 Å². The summed E-state index contributed by atoms with van der Waals surface area (Å²) in [6.45, 7) is 0.965. The van der Waals surface area contributed by atoms with Crippen LogP contribution in [0.15, 0.2) is 56.2 Å². The van der Waals surface area contributed by atoms with Gasteiger partial charge in [0, 0.05) is 19.0 Å². The summed E-state index contributed by atoms with van der Waals surface area (Å²) in [5.41, 5.74) is 0.450. The first kappa shape index (κ1) is 23.9. The van der Waals surface area contributed by atoms with Gasteiger partial charge in [-0.05, 0) is 36.7 Å². The summed E-state index contributed by atoms with van der Waals surface area (Å²) in [6, 6.07) is 6.14. The molecule has 1 N–H and O–H groups in total. The van der Waals surface area contributed by atoms with Crippen LogP contribution in [0, 0.1) is 0 Å². The maximum atomic E-state index is 13.2. The molecule has 11 nitrogen and oxygen atoms in total. The predicted molar refractivity (Wildman–Crippen MR) is 129 cm³/mol. The number of nitrogens with one attached hydrogen (secondary N) is 1. The van der Waals surface area contributed by atoms with Crippen molar-refractivity contribution >= 4 is 49.7 Å². The lowest BCUT2D eigenvalue weighted by atomic mass is 10.1. The Hall–Kier alpha value is -2.81. The molecule has 3 heterocycles. The van der Waals surface area contributed by atoms with Gasteiger partial charge < -0.3 is 14.1 Å². The van der Waals surface area contributed by atoms with Crippen LogP contribution in [0.2, 0.25) is 0 Å². The monoisotopic (exact) mass is 534 g/mol. The maximum absolute atomic E-state index is 13.2. The third-order valence-corrected chi connectivity index (χ3v) is 9.73. The Morgan fingerprint density at radius 2 is 2.09 bits per heavy atom. The first-order valence-corrected chi connectivity index (χ1v) is 14.0. The molecule has 1 aliphatic carbocycles. The fourth-order valence-electron chi connectivity index (χ4n) is 3.30. The summed E-state index contributed by atoms with van der Waals surface area (Å²) < 4.78 is 32.9. The van der Waals surface area contributed by atoms with Crippen LogP contribution in [0.3, 0.4) is 0 Å². The van der Waals surface area contributed by atoms with Gasteiger partial charge in [-0.3, -0.25) is 10.1 Å². The van der Waals surface area contributed by atoms with Crippen LogP contribution < -0.4 is 5.32 Å². The highest BCUT2D eigenvalue weighted by molar-refractivity contribution is 8.01. The number of hydrogen-bond acceptors (Lipinski definition) is 11. The van der Waals surface area contributed by atoms with Crippen molar-refractivity contribution in [2.24, 2.45) is 12.2 Å². The number of aryl methyl sites for hydroxylation is 1. The number of nitrogens with zero attached hydrogens (tertiary/aromatic N) is 5. The van der Waals surface area contributed by atoms with Crippen LogP contribution in [0.1, 0.15) is 24.8 Å². The number of amides is 1. The van der Waals surface area contributed by atoms with E-state index in [0.29, 0.717) is 48.3 Å². The van der Waals surface area contributed by atoms with Crippen molar-refractivity contribution in [2.45, 2.75) is 44.9 Å². The first-order valence-electron chi connectivity index (χ1n) is 10.8. The van der Waals surface area contributed by atoms with Gasteiger partial charge in [0.25, 0.3) is 5.91 Å². The number of ether oxygens (including phenoxy) is 1. The molecule has 0 radical (unpaired) electrons. The zero-order chi connectivity index (χ0) is 24.4. The predicted octanol–water partition coefficient (Wildman–Crippen LogP) is 2.51. The number of carbonyl (C=O) groups excluding carboxylic acids is 1. The van der Waals surface area contributed by atoms with Gasteiger partial charge in [-0.15, -0.1) is 10.2 Å². The quantitative estimate of drug-likeness (QED) is 0.324. The molecular formula is C21H22N6O5S3. The average molecular weight is 535 g/mol. The van der Waals surface area contributed by atoms with Gasteiger partial charge in [-0.25, -0.2) is 13.4 Å². The Kier molecular flexibility index (Phi) is 6.86. The molecule has 184 valence electrons. The van der Waals surface area contributed by atoms with E-state index in [-0.39, 0.29) is 22.0 Å². The molecule has 1 saturated heterocycles. The second-order valence-electron chi connectivity index (χ2n) is 8.06. The van der Waals surface area contributed by atoms with Crippen LogP contribution in [0.25, 0.3) is 0 Å². The van der Waals surface area contributed by atoms with Crippen molar-refractivity contribution in [3.05, 3.63) is 42.4 Å². The van der Waals surface area contributed by atoms with E-state index in [9.17, 15) is 13.2 Å². The summed E-state index contributed by atoms with van der Waals surface area (Å²) in [7, 11) is -1.50. The highest BCUT2D eigenvalue weighted by atomic mass is 32.2. The fourth-order valence-corrected chi connectivity index (χ4v) is 6.69. The lowest BCUT2D eigenvalue weighted by molar-refractivity contribution is -0.110. The van der Waals surface area contributed by atoms with Crippen molar-refractivity contribution in [3.8, 4) is 0 Å². The number of benzene rings is 1. The zero-order valence-corrected chi connectivity index (χ0v) is 21.1. The first-order chi connectivity index (χ1) is 16.9. The number of oxime groups is 1. The van der Waals surface area contributed by atoms with Gasteiger partial charge in [-0.2, -0.15) is 0 Å². The lowest BCUT2D eigenvalue weighted by Crippen LogP contribution is -2.25. The van der Waals surface area contributed by atoms with Crippen LogP contribution in [0.5, 0.6) is 0 Å². The van der Waals surface area contributed by atoms with Crippen LogP contribution in [0.4, 0.5) is 5.13 Å². The molecule has 0 unspecified atom stereocenters. The van der Waals surface area contributed by atoms with Crippen molar-refractivity contribution in [2.75, 3.05) is 18.5 Å². The summed E-state index contributed by atoms with van der Waals surface area (Å²) in [5.74, 6) is -0.522. The van der Waals surface area contributed by atoms with Crippen LogP contribution in [-0.4, -0.2) is 64.4 Å². The Labute approximate surface area is 209 Å². The second kappa shape index (κ2) is 10.0. The van der Waals surface area contributed by atoms with Gasteiger partial charge in [0.05, 0.1) is 33.8 Å². The van der Waals surface area contributed by atoms with Crippen molar-refractivity contribution in [1.82, 2.24) is 19.7 Å². The standard InChI is InChI=1S/C21H22N6O5S3/c1-27-12-23-25-21(27)34-17-10-22-20(33-17)24-19(28)18(26-32-14-8-9-31-11-14)13-2-4-15(5-3-13)35(29,30)16-6-7-16/h2-5,10,12,14,16H,6-9,11H2,1H3,(H,22,24,28)/t14-/m1/s1. The SMILES string of the molecule is Cn1cnnc1Sc1cnc(NC(=O)C(=NO[C@@H]2CCOC2)c2ccc(S(=O)(=O)C3CC3)cc2)s1. The molecule has 2 aliphatic rings. The molecule has 2 aromatic heterocycles. The van der Waals surface area contributed by atoms with Gasteiger partial charge in [0.1, 0.15) is 6.33 Å². The second-order valence-corrected chi connectivity index (χ2v) is 12.6. The fraction of sp³-hybridized carbons (Fsp3) is 0.381. The Morgan fingerprint density at radius 1 is 1.29 bits per heavy atom. The van der Waals surface area contributed by atoms with E-state index in [1.807, 2.05) is 7.05 Å². The largest absolute Gasteiger partial charge is 0.389 e. The van der Waals surface area contributed by atoms with E-state index in [2.05, 4.69) is 25.7 Å². The molecule has 35 heavy (non-hydrogen) atoms. The maximum Gasteiger partial charge on any atom is 0.280 e. The van der Waals surface area contributed by atoms with Crippen molar-refractivity contribution in [1.29, 1.82) is 0 Å². The minimum absolute atomic E-state index is 0.0185. The number of carbonyl (C=O) groups is 1. The van der Waals surface area contributed by atoms with Gasteiger partial charge in [0.15, 0.2) is 31.9 Å². The van der Waals surface area contributed by atoms with Crippen LogP contribution >= 0.6 is 23.1 Å². The molecule has 1 aromatic carbocycles. The molecule has 0 spiro atoms. The van der Waals surface area contributed by atoms with E-state index >= 15 is 0 Å². The van der Waals surface area contributed by atoms with Crippen LogP contribution in [-0.2, 0) is 31.3 Å². The summed E-state index contributed by atoms with van der Waals surface area (Å²) in [5, 5.41) is 15.5. The molecule has 5 rings (SSSR count). The Bertz CT molecular complexity index is 1340. The average Bonchev–Trinajstić information content (AvgIpc) is 3.20. The van der Waals surface area contributed by atoms with E-state index in [4.69, 9.17) is 9.57 Å². The number of hydrogen-bond donors (Lipinski definition) is 1. The summed E-state index contributed by atoms with van der Waals surface area (Å²) in [6.07, 6.45) is 5.03. The Balaban J connectivity index is 1.34. The topological polar surface area (TPSA) is 138 Å². The molecule has 14 heteroatoms. The van der Waals surface area contributed by atoms with Crippen molar-refractivity contribution < 1.29 is 22.8 Å². The zero-order valence-electron chi connectivity index (χ0n) is 18.7. The van der Waals surface area contributed by atoms with Crippen molar-refractivity contribution in [3.63, 3.8) is 0 Å². The molecule has 1 aliphatic heterocycles. The lowest BCUT2D eigenvalue weighted by Gasteiger charge is -2.10. The number of thiazole rings is 1. The summed E-state index contributed by atoms with van der Waals surface area (Å²) >= 11 is 2.66. The number of aromatic nitrogens is 4.